The van der Waals surface area contributed by atoms with E-state index in [0.717, 1.165) is 17.8 Å². The number of fused-ring (bicyclic) bond motifs is 1. The second-order valence-electron chi connectivity index (χ2n) is 6.36. The van der Waals surface area contributed by atoms with Gasteiger partial charge in [0, 0.05) is 17.1 Å². The van der Waals surface area contributed by atoms with Crippen molar-refractivity contribution < 1.29 is 4.79 Å². The van der Waals surface area contributed by atoms with Crippen LogP contribution in [0.25, 0.3) is 5.69 Å². The summed E-state index contributed by atoms with van der Waals surface area (Å²) < 4.78 is 1.64. The molecule has 7 nitrogen and oxygen atoms in total. The molecule has 0 fully saturated rings. The van der Waals surface area contributed by atoms with E-state index in [-0.39, 0.29) is 6.03 Å². The summed E-state index contributed by atoms with van der Waals surface area (Å²) in [6.45, 7) is 2.41. The van der Waals surface area contributed by atoms with Crippen LogP contribution in [0.2, 0.25) is 0 Å². The van der Waals surface area contributed by atoms with Gasteiger partial charge in [-0.2, -0.15) is 4.68 Å². The molecule has 0 unspecified atom stereocenters. The molecule has 8 heteroatoms. The topological polar surface area (TPSA) is 84.7 Å². The lowest BCUT2D eigenvalue weighted by atomic mass is 9.96. The van der Waals surface area contributed by atoms with Crippen molar-refractivity contribution in [3.8, 4) is 5.69 Å². The maximum atomic E-state index is 12.2. The summed E-state index contributed by atoms with van der Waals surface area (Å²) in [4.78, 5) is 13.7. The van der Waals surface area contributed by atoms with Gasteiger partial charge in [-0.05, 0) is 83.8 Å². The largest absolute Gasteiger partial charge is 0.334 e. The molecule has 2 amide bonds. The van der Waals surface area contributed by atoms with Crippen LogP contribution in [0.5, 0.6) is 0 Å². The number of rotatable bonds is 4. The molecule has 1 aliphatic carbocycles. The Kier molecular flexibility index (Phi) is 4.66. The fraction of sp³-hybridized carbons (Fsp3) is 0.333. The molecular weight excluding hydrogens is 348 g/mol. The van der Waals surface area contributed by atoms with E-state index in [1.807, 2.05) is 42.5 Å². The first-order valence-corrected chi connectivity index (χ1v) is 9.57. The van der Waals surface area contributed by atoms with E-state index in [1.165, 1.54) is 35.3 Å². The lowest BCUT2D eigenvalue weighted by molar-refractivity contribution is 0.251. The molecule has 1 aromatic carbocycles. The van der Waals surface area contributed by atoms with Crippen LogP contribution in [-0.2, 0) is 19.4 Å². The highest BCUT2D eigenvalue weighted by Gasteiger charge is 2.15. The van der Waals surface area contributed by atoms with Gasteiger partial charge in [-0.1, -0.05) is 0 Å². The molecular formula is C18H20N6OS. The van der Waals surface area contributed by atoms with Gasteiger partial charge in [-0.15, -0.1) is 16.4 Å². The van der Waals surface area contributed by atoms with Crippen LogP contribution >= 0.6 is 11.3 Å². The third kappa shape index (κ3) is 3.45. The van der Waals surface area contributed by atoms with Crippen LogP contribution in [-0.4, -0.2) is 26.2 Å². The van der Waals surface area contributed by atoms with Crippen LogP contribution in [0.15, 0.2) is 29.6 Å². The number of hydrogen-bond acceptors (Lipinski definition) is 5. The second-order valence-corrected chi connectivity index (χ2v) is 7.33. The van der Waals surface area contributed by atoms with Crippen molar-refractivity contribution in [2.75, 3.05) is 5.32 Å². The van der Waals surface area contributed by atoms with Gasteiger partial charge in [0.15, 0.2) is 5.82 Å². The number of amides is 2. The first kappa shape index (κ1) is 16.7. The number of hydrogen-bond donors (Lipinski definition) is 2. The Morgan fingerprint density at radius 1 is 1.23 bits per heavy atom. The summed E-state index contributed by atoms with van der Waals surface area (Å²) in [5.41, 5.74) is 4.28. The van der Waals surface area contributed by atoms with Crippen molar-refractivity contribution >= 4 is 23.1 Å². The molecule has 2 heterocycles. The third-order valence-corrected chi connectivity index (χ3v) is 5.72. The summed E-state index contributed by atoms with van der Waals surface area (Å²) in [6, 6.07) is 7.21. The van der Waals surface area contributed by atoms with Gasteiger partial charge in [0.2, 0.25) is 0 Å². The van der Waals surface area contributed by atoms with Crippen molar-refractivity contribution in [1.82, 2.24) is 25.5 Å². The van der Waals surface area contributed by atoms with Gasteiger partial charge in [0.05, 0.1) is 5.69 Å². The number of tetrazole rings is 1. The van der Waals surface area contributed by atoms with Gasteiger partial charge in [0.1, 0.15) is 0 Å². The van der Waals surface area contributed by atoms with E-state index >= 15 is 0 Å². The zero-order valence-electron chi connectivity index (χ0n) is 14.5. The van der Waals surface area contributed by atoms with Gasteiger partial charge in [0.25, 0.3) is 0 Å². The Labute approximate surface area is 155 Å². The Bertz CT molecular complexity index is 914. The minimum atomic E-state index is -0.202. The number of anilines is 1. The van der Waals surface area contributed by atoms with Crippen molar-refractivity contribution in [3.05, 3.63) is 51.5 Å². The molecule has 2 N–H and O–H groups in total. The predicted molar refractivity (Wildman–Crippen MR) is 101 cm³/mol. The highest BCUT2D eigenvalue weighted by atomic mass is 32.1. The number of thiophene rings is 1. The van der Waals surface area contributed by atoms with Crippen LogP contribution in [0.4, 0.5) is 10.5 Å². The highest BCUT2D eigenvalue weighted by Crippen LogP contribution is 2.30. The number of aromatic nitrogens is 4. The van der Waals surface area contributed by atoms with Crippen LogP contribution in [0.3, 0.4) is 0 Å². The normalized spacial score (nSPS) is 13.3. The average Bonchev–Trinajstić information content (AvgIpc) is 3.27. The number of nitrogens with one attached hydrogen (secondary N) is 2. The maximum Gasteiger partial charge on any atom is 0.319 e. The molecule has 0 bridgehead atoms. The van der Waals surface area contributed by atoms with Crippen molar-refractivity contribution in [2.45, 2.75) is 39.2 Å². The smallest absolute Gasteiger partial charge is 0.319 e. The summed E-state index contributed by atoms with van der Waals surface area (Å²) in [5, 5.41) is 19.4. The quantitative estimate of drug-likeness (QED) is 0.740. The number of urea groups is 1. The molecule has 0 aliphatic heterocycles. The summed E-state index contributed by atoms with van der Waals surface area (Å²) in [7, 11) is 0. The van der Waals surface area contributed by atoms with Crippen molar-refractivity contribution in [3.63, 3.8) is 0 Å². The first-order valence-electron chi connectivity index (χ1n) is 8.69. The molecule has 26 heavy (non-hydrogen) atoms. The van der Waals surface area contributed by atoms with Crippen LogP contribution in [0, 0.1) is 6.92 Å². The van der Waals surface area contributed by atoms with E-state index in [2.05, 4.69) is 31.5 Å². The lowest BCUT2D eigenvalue weighted by Gasteiger charge is -2.13. The third-order valence-electron chi connectivity index (χ3n) is 4.58. The molecule has 4 rings (SSSR count). The Morgan fingerprint density at radius 3 is 2.81 bits per heavy atom. The Balaban J connectivity index is 1.35. The molecule has 2 aromatic heterocycles. The minimum Gasteiger partial charge on any atom is -0.334 e. The average molecular weight is 368 g/mol. The molecule has 1 aliphatic rings. The highest BCUT2D eigenvalue weighted by molar-refractivity contribution is 7.10. The van der Waals surface area contributed by atoms with Gasteiger partial charge < -0.3 is 10.6 Å². The minimum absolute atomic E-state index is 0.202. The fourth-order valence-electron chi connectivity index (χ4n) is 3.22. The lowest BCUT2D eigenvalue weighted by Crippen LogP contribution is -2.28. The predicted octanol–water partition coefficient (Wildman–Crippen LogP) is 3.23. The van der Waals surface area contributed by atoms with E-state index in [0.29, 0.717) is 12.4 Å². The molecule has 0 saturated heterocycles. The number of benzene rings is 1. The standard InChI is InChI=1S/C18H20N6OS/c1-12-21-22-23-24(12)15-8-6-14(7-9-15)20-18(25)19-10-13-11-26-17-5-3-2-4-16(13)17/h6-9,11H,2-5,10H2,1H3,(H2,19,20,25). The number of nitrogens with zero attached hydrogens (tertiary/aromatic N) is 4. The molecule has 0 radical (unpaired) electrons. The molecule has 3 aromatic rings. The van der Waals surface area contributed by atoms with E-state index in [9.17, 15) is 4.79 Å². The van der Waals surface area contributed by atoms with Gasteiger partial charge >= 0.3 is 6.03 Å². The van der Waals surface area contributed by atoms with Crippen LogP contribution in [0.1, 0.15) is 34.7 Å². The zero-order chi connectivity index (χ0) is 17.9. The van der Waals surface area contributed by atoms with E-state index in [4.69, 9.17) is 0 Å². The van der Waals surface area contributed by atoms with Crippen molar-refractivity contribution in [1.29, 1.82) is 0 Å². The summed E-state index contributed by atoms with van der Waals surface area (Å²) >= 11 is 1.82. The monoisotopic (exact) mass is 368 g/mol. The Morgan fingerprint density at radius 2 is 2.04 bits per heavy atom. The van der Waals surface area contributed by atoms with E-state index in [1.54, 1.807) is 4.68 Å². The first-order chi connectivity index (χ1) is 12.7. The van der Waals surface area contributed by atoms with Crippen LogP contribution < -0.4 is 10.6 Å². The fourth-order valence-corrected chi connectivity index (χ4v) is 4.36. The Hall–Kier alpha value is -2.74. The number of carbonyl (C=O) groups excluding carboxylic acids is 1. The molecule has 0 atom stereocenters. The summed E-state index contributed by atoms with van der Waals surface area (Å²) in [6.07, 6.45) is 4.84. The summed E-state index contributed by atoms with van der Waals surface area (Å²) in [5.74, 6) is 0.711. The number of aryl methyl sites for hydroxylation is 2. The number of carbonyl (C=O) groups is 1. The van der Waals surface area contributed by atoms with Crippen molar-refractivity contribution in [2.24, 2.45) is 0 Å². The second kappa shape index (κ2) is 7.25. The van der Waals surface area contributed by atoms with E-state index < -0.39 is 0 Å². The molecule has 0 spiro atoms. The van der Waals surface area contributed by atoms with Gasteiger partial charge in [-0.25, -0.2) is 4.79 Å². The molecule has 134 valence electrons. The van der Waals surface area contributed by atoms with Gasteiger partial charge in [-0.3, -0.25) is 0 Å². The maximum absolute atomic E-state index is 12.2. The SMILES string of the molecule is Cc1nnnn1-c1ccc(NC(=O)NCc2csc3c2CCCC3)cc1. The zero-order valence-corrected chi connectivity index (χ0v) is 15.3. The molecule has 0 saturated carbocycles.